The predicted molar refractivity (Wildman–Crippen MR) is 93.7 cm³/mol. The summed E-state index contributed by atoms with van der Waals surface area (Å²) in [7, 11) is 1.60. The number of thiophene rings is 1. The Morgan fingerprint density at radius 2 is 2.05 bits per heavy atom. The molecule has 0 aliphatic carbocycles. The molecule has 0 radical (unpaired) electrons. The van der Waals surface area contributed by atoms with Crippen molar-refractivity contribution in [2.75, 3.05) is 12.4 Å². The molecule has 0 fully saturated rings. The van der Waals surface area contributed by atoms with Crippen molar-refractivity contribution >= 4 is 29.0 Å². The van der Waals surface area contributed by atoms with Crippen LogP contribution in [0.5, 0.6) is 5.75 Å². The van der Waals surface area contributed by atoms with Crippen LogP contribution in [-0.4, -0.2) is 13.0 Å². The van der Waals surface area contributed by atoms with Crippen LogP contribution < -0.4 is 10.1 Å². The van der Waals surface area contributed by atoms with Gasteiger partial charge in [0, 0.05) is 11.0 Å². The van der Waals surface area contributed by atoms with Gasteiger partial charge in [0.05, 0.1) is 12.8 Å². The summed E-state index contributed by atoms with van der Waals surface area (Å²) in [5.41, 5.74) is 1.85. The second kappa shape index (κ2) is 6.79. The summed E-state index contributed by atoms with van der Waals surface area (Å²) in [4.78, 5) is 13.1. The van der Waals surface area contributed by atoms with Gasteiger partial charge in [-0.25, -0.2) is 0 Å². The van der Waals surface area contributed by atoms with Crippen LogP contribution in [0.1, 0.15) is 31.2 Å². The van der Waals surface area contributed by atoms with Gasteiger partial charge in [0.25, 0.3) is 0 Å². The molecule has 116 valence electrons. The largest absolute Gasteiger partial charge is 0.495 e. The van der Waals surface area contributed by atoms with Gasteiger partial charge in [0.1, 0.15) is 5.75 Å². The molecular weight excluding hydrogens is 294 g/mol. The van der Waals surface area contributed by atoms with Crippen molar-refractivity contribution < 1.29 is 9.53 Å². The number of carbonyl (C=O) groups is 1. The Kier molecular flexibility index (Phi) is 5.03. The molecule has 0 atom stereocenters. The van der Waals surface area contributed by atoms with Gasteiger partial charge < -0.3 is 10.1 Å². The normalized spacial score (nSPS) is 11.6. The third-order valence-corrected chi connectivity index (χ3v) is 4.10. The molecule has 2 aromatic rings. The molecule has 1 heterocycles. The highest BCUT2D eigenvalue weighted by molar-refractivity contribution is 7.10. The van der Waals surface area contributed by atoms with E-state index in [0.717, 1.165) is 10.4 Å². The SMILES string of the molecule is COc1ccc(C(C)(C)C)cc1NC(=O)C=Cc1cccs1. The molecule has 3 nitrogen and oxygen atoms in total. The Hall–Kier alpha value is -2.07. The maximum Gasteiger partial charge on any atom is 0.248 e. The fourth-order valence-corrected chi connectivity index (χ4v) is 2.61. The molecule has 0 saturated carbocycles. The summed E-state index contributed by atoms with van der Waals surface area (Å²) in [6, 6.07) is 9.80. The molecule has 0 bridgehead atoms. The predicted octanol–water partition coefficient (Wildman–Crippen LogP) is 4.71. The number of amides is 1. The maximum atomic E-state index is 12.1. The van der Waals surface area contributed by atoms with E-state index in [9.17, 15) is 4.79 Å². The van der Waals surface area contributed by atoms with Gasteiger partial charge in [-0.3, -0.25) is 4.79 Å². The Bertz CT molecular complexity index is 667. The lowest BCUT2D eigenvalue weighted by Gasteiger charge is -2.21. The number of methoxy groups -OCH3 is 1. The Balaban J connectivity index is 2.18. The fraction of sp³-hybridized carbons (Fsp3) is 0.278. The number of hydrogen-bond donors (Lipinski definition) is 1. The maximum absolute atomic E-state index is 12.1. The summed E-state index contributed by atoms with van der Waals surface area (Å²) in [5, 5.41) is 4.87. The smallest absolute Gasteiger partial charge is 0.248 e. The van der Waals surface area contributed by atoms with Crippen molar-refractivity contribution in [2.45, 2.75) is 26.2 Å². The minimum atomic E-state index is -0.169. The van der Waals surface area contributed by atoms with Crippen LogP contribution in [0.2, 0.25) is 0 Å². The minimum Gasteiger partial charge on any atom is -0.495 e. The zero-order valence-corrected chi connectivity index (χ0v) is 14.2. The first kappa shape index (κ1) is 16.3. The highest BCUT2D eigenvalue weighted by Gasteiger charge is 2.16. The first-order valence-electron chi connectivity index (χ1n) is 7.11. The molecule has 0 saturated heterocycles. The van der Waals surface area contributed by atoms with Crippen LogP contribution >= 0.6 is 11.3 Å². The van der Waals surface area contributed by atoms with Crippen LogP contribution in [0.25, 0.3) is 6.08 Å². The standard InChI is InChI=1S/C18H21NO2S/c1-18(2,3)13-7-9-16(21-4)15(12-13)19-17(20)10-8-14-6-5-11-22-14/h5-12H,1-4H3,(H,19,20). The average molecular weight is 315 g/mol. The molecule has 0 unspecified atom stereocenters. The third-order valence-electron chi connectivity index (χ3n) is 3.27. The lowest BCUT2D eigenvalue weighted by Crippen LogP contribution is -2.14. The highest BCUT2D eigenvalue weighted by Crippen LogP contribution is 2.31. The van der Waals surface area contributed by atoms with Gasteiger partial charge in [-0.05, 0) is 40.6 Å². The van der Waals surface area contributed by atoms with E-state index in [4.69, 9.17) is 4.74 Å². The highest BCUT2D eigenvalue weighted by atomic mass is 32.1. The number of rotatable bonds is 4. The van der Waals surface area contributed by atoms with E-state index in [2.05, 4.69) is 26.1 Å². The summed E-state index contributed by atoms with van der Waals surface area (Å²) in [6.45, 7) is 6.41. The first-order chi connectivity index (χ1) is 10.4. The van der Waals surface area contributed by atoms with Crippen LogP contribution in [0, 0.1) is 0 Å². The lowest BCUT2D eigenvalue weighted by atomic mass is 9.87. The molecule has 4 heteroatoms. The van der Waals surface area contributed by atoms with Crippen molar-refractivity contribution in [2.24, 2.45) is 0 Å². The molecule has 0 spiro atoms. The first-order valence-corrected chi connectivity index (χ1v) is 7.99. The van der Waals surface area contributed by atoms with Gasteiger partial charge in [-0.1, -0.05) is 32.9 Å². The number of carbonyl (C=O) groups excluding carboxylic acids is 1. The van der Waals surface area contributed by atoms with Crippen molar-refractivity contribution in [3.8, 4) is 5.75 Å². The summed E-state index contributed by atoms with van der Waals surface area (Å²) >= 11 is 1.59. The third kappa shape index (κ3) is 4.21. The zero-order valence-electron chi connectivity index (χ0n) is 13.3. The monoisotopic (exact) mass is 315 g/mol. The second-order valence-electron chi connectivity index (χ2n) is 6.00. The summed E-state index contributed by atoms with van der Waals surface area (Å²) in [5.74, 6) is 0.489. The minimum absolute atomic E-state index is 0.0125. The van der Waals surface area contributed by atoms with Gasteiger partial charge in [0.2, 0.25) is 5.91 Å². The fourth-order valence-electron chi connectivity index (χ4n) is 1.99. The molecule has 2 rings (SSSR count). The summed E-state index contributed by atoms with van der Waals surface area (Å²) in [6.07, 6.45) is 3.34. The molecule has 0 aliphatic heterocycles. The van der Waals surface area contributed by atoms with E-state index >= 15 is 0 Å². The molecule has 1 N–H and O–H groups in total. The number of nitrogens with one attached hydrogen (secondary N) is 1. The van der Waals surface area contributed by atoms with Crippen LogP contribution in [0.15, 0.2) is 41.8 Å². The van der Waals surface area contributed by atoms with Crippen LogP contribution in [0.4, 0.5) is 5.69 Å². The van der Waals surface area contributed by atoms with Gasteiger partial charge in [0.15, 0.2) is 0 Å². The quantitative estimate of drug-likeness (QED) is 0.830. The van der Waals surface area contributed by atoms with Crippen molar-refractivity contribution in [1.82, 2.24) is 0 Å². The van der Waals surface area contributed by atoms with E-state index in [-0.39, 0.29) is 11.3 Å². The molecule has 0 aliphatic rings. The molecule has 1 amide bonds. The lowest BCUT2D eigenvalue weighted by molar-refractivity contribution is -0.111. The average Bonchev–Trinajstić information content (AvgIpc) is 2.97. The van der Waals surface area contributed by atoms with Crippen molar-refractivity contribution in [3.05, 3.63) is 52.2 Å². The van der Waals surface area contributed by atoms with Crippen LogP contribution in [0.3, 0.4) is 0 Å². The zero-order chi connectivity index (χ0) is 16.2. The Morgan fingerprint density at radius 3 is 2.64 bits per heavy atom. The van der Waals surface area contributed by atoms with Gasteiger partial charge >= 0.3 is 0 Å². The number of anilines is 1. The number of benzene rings is 1. The number of hydrogen-bond acceptors (Lipinski definition) is 3. The van der Waals surface area contributed by atoms with Gasteiger partial charge in [-0.2, -0.15) is 0 Å². The molecule has 22 heavy (non-hydrogen) atoms. The second-order valence-corrected chi connectivity index (χ2v) is 6.98. The van der Waals surface area contributed by atoms with E-state index in [1.807, 2.05) is 35.7 Å². The number of ether oxygens (including phenoxy) is 1. The van der Waals surface area contributed by atoms with E-state index in [1.165, 1.54) is 6.08 Å². The van der Waals surface area contributed by atoms with Gasteiger partial charge in [-0.15, -0.1) is 11.3 Å². The molecule has 1 aromatic carbocycles. The topological polar surface area (TPSA) is 38.3 Å². The van der Waals surface area contributed by atoms with Crippen LogP contribution in [-0.2, 0) is 10.2 Å². The van der Waals surface area contributed by atoms with E-state index in [1.54, 1.807) is 24.5 Å². The Labute approximate surface area is 135 Å². The Morgan fingerprint density at radius 1 is 1.27 bits per heavy atom. The molecular formula is C18H21NO2S. The van der Waals surface area contributed by atoms with E-state index < -0.39 is 0 Å². The summed E-state index contributed by atoms with van der Waals surface area (Å²) < 4.78 is 5.33. The molecule has 1 aromatic heterocycles. The van der Waals surface area contributed by atoms with Crippen molar-refractivity contribution in [1.29, 1.82) is 0 Å². The van der Waals surface area contributed by atoms with E-state index in [0.29, 0.717) is 11.4 Å². The van der Waals surface area contributed by atoms with Crippen molar-refractivity contribution in [3.63, 3.8) is 0 Å².